The smallest absolute Gasteiger partial charge is 0.143 e. The normalized spacial score (nSPS) is 15.9. The second-order valence-electron chi connectivity index (χ2n) is 10.5. The average molecular weight is 587 g/mol. The lowest BCUT2D eigenvalue weighted by atomic mass is 9.85. The van der Waals surface area contributed by atoms with Crippen LogP contribution in [0.4, 0.5) is 0 Å². The van der Waals surface area contributed by atoms with Crippen molar-refractivity contribution in [3.05, 3.63) is 170 Å². The summed E-state index contributed by atoms with van der Waals surface area (Å²) in [7, 11) is 0. The molecule has 1 aromatic heterocycles. The number of benzene rings is 8. The molecular formula is C44H28O. The molecule has 210 valence electrons. The van der Waals surface area contributed by atoms with Crippen LogP contribution in [0, 0.1) is 0 Å². The van der Waals surface area contributed by atoms with Crippen LogP contribution in [0.3, 0.4) is 0 Å². The molecular weight excluding hydrogens is 544 g/mol. The van der Waals surface area contributed by atoms with Crippen LogP contribution in [0.5, 0.6) is 0 Å². The standard InChI is InChI=1S/C44H28O/c1-3-13-29(14-4-1)33-21-11-23-39-40-24-12-22-34(44(40)45-43(33)39)30-25-27-32(28-26-30)42-37-19-9-7-17-35(37)41(31-15-5-2-6-16-31)36-18-8-10-20-38(36)42/h1-28H/i1D,3D,4D,11D,12D,13D,14D,21D,22D,23D,25D,26D,27D,28D. The first-order valence-electron chi connectivity index (χ1n) is 21.3. The zero-order valence-corrected chi connectivity index (χ0v) is 23.5. The van der Waals surface area contributed by atoms with Crippen molar-refractivity contribution in [2.45, 2.75) is 0 Å². The van der Waals surface area contributed by atoms with Crippen LogP contribution < -0.4 is 0 Å². The molecule has 0 saturated heterocycles. The van der Waals surface area contributed by atoms with Crippen LogP contribution in [0.25, 0.3) is 88.0 Å². The van der Waals surface area contributed by atoms with E-state index in [4.69, 9.17) is 18.1 Å². The molecule has 0 amide bonds. The third-order valence-corrected chi connectivity index (χ3v) is 8.06. The van der Waals surface area contributed by atoms with Crippen molar-refractivity contribution in [1.82, 2.24) is 0 Å². The molecule has 0 aliphatic heterocycles. The molecule has 0 atom stereocenters. The Bertz CT molecular complexity index is 3200. The van der Waals surface area contributed by atoms with Gasteiger partial charge in [-0.25, -0.2) is 0 Å². The summed E-state index contributed by atoms with van der Waals surface area (Å²) < 4.78 is 130. The summed E-state index contributed by atoms with van der Waals surface area (Å²) in [4.78, 5) is 0. The molecule has 0 unspecified atom stereocenters. The van der Waals surface area contributed by atoms with E-state index in [1.165, 1.54) is 6.07 Å². The van der Waals surface area contributed by atoms with E-state index in [0.717, 1.165) is 21.9 Å². The molecule has 0 N–H and O–H groups in total. The summed E-state index contributed by atoms with van der Waals surface area (Å²) in [5, 5.41) is 2.85. The topological polar surface area (TPSA) is 13.1 Å². The molecule has 0 bridgehead atoms. The Labute approximate surface area is 281 Å². The first-order chi connectivity index (χ1) is 28.2. The quantitative estimate of drug-likeness (QED) is 0.187. The van der Waals surface area contributed by atoms with E-state index >= 15 is 0 Å². The van der Waals surface area contributed by atoms with Gasteiger partial charge in [-0.1, -0.05) is 170 Å². The Morgan fingerprint density at radius 2 is 0.844 bits per heavy atom. The van der Waals surface area contributed by atoms with Crippen molar-refractivity contribution in [2.24, 2.45) is 0 Å². The predicted molar refractivity (Wildman–Crippen MR) is 190 cm³/mol. The molecule has 0 spiro atoms. The Balaban J connectivity index is 1.39. The molecule has 8 aromatic carbocycles. The molecule has 45 heavy (non-hydrogen) atoms. The predicted octanol–water partition coefficient (Wildman–Crippen LogP) is 12.6. The first kappa shape index (κ1) is 15.2. The van der Waals surface area contributed by atoms with Crippen molar-refractivity contribution >= 4 is 43.5 Å². The van der Waals surface area contributed by atoms with Gasteiger partial charge in [0.2, 0.25) is 0 Å². The zero-order valence-electron chi connectivity index (χ0n) is 37.5. The van der Waals surface area contributed by atoms with Gasteiger partial charge in [0.05, 0.1) is 19.2 Å². The van der Waals surface area contributed by atoms with Crippen LogP contribution in [-0.2, 0) is 0 Å². The summed E-state index contributed by atoms with van der Waals surface area (Å²) >= 11 is 0. The second-order valence-corrected chi connectivity index (χ2v) is 10.5. The highest BCUT2D eigenvalue weighted by atomic mass is 16.3. The summed E-state index contributed by atoms with van der Waals surface area (Å²) in [6.45, 7) is 0. The van der Waals surface area contributed by atoms with Crippen molar-refractivity contribution in [3.8, 4) is 44.5 Å². The number of hydrogen-bond acceptors (Lipinski definition) is 1. The molecule has 9 aromatic rings. The Hall–Kier alpha value is -5.92. The van der Waals surface area contributed by atoms with Crippen LogP contribution in [0.15, 0.2) is 174 Å². The monoisotopic (exact) mass is 586 g/mol. The van der Waals surface area contributed by atoms with Crippen LogP contribution in [-0.4, -0.2) is 0 Å². The first-order valence-corrected chi connectivity index (χ1v) is 14.3. The zero-order chi connectivity index (χ0) is 41.9. The molecule has 0 radical (unpaired) electrons. The summed E-state index contributed by atoms with van der Waals surface area (Å²) in [5.41, 5.74) is 0.268. The van der Waals surface area contributed by atoms with Gasteiger partial charge in [0.1, 0.15) is 11.2 Å². The third kappa shape index (κ3) is 4.09. The Morgan fingerprint density at radius 3 is 1.49 bits per heavy atom. The molecule has 1 heteroatoms. The minimum atomic E-state index is -0.701. The highest BCUT2D eigenvalue weighted by Gasteiger charge is 2.18. The van der Waals surface area contributed by atoms with Gasteiger partial charge in [-0.15, -0.1) is 0 Å². The maximum absolute atomic E-state index is 9.51. The fourth-order valence-electron chi connectivity index (χ4n) is 6.12. The maximum atomic E-state index is 9.51. The minimum absolute atomic E-state index is 0.0137. The fourth-order valence-corrected chi connectivity index (χ4v) is 6.12. The van der Waals surface area contributed by atoms with Crippen LogP contribution >= 0.6 is 0 Å². The van der Waals surface area contributed by atoms with E-state index in [1.807, 2.05) is 78.9 Å². The van der Waals surface area contributed by atoms with Gasteiger partial charge in [0.15, 0.2) is 0 Å². The number of rotatable bonds is 4. The van der Waals surface area contributed by atoms with Gasteiger partial charge in [0, 0.05) is 21.9 Å². The van der Waals surface area contributed by atoms with Crippen molar-refractivity contribution < 1.29 is 23.6 Å². The molecule has 9 rings (SSSR count). The average Bonchev–Trinajstić information content (AvgIpc) is 3.61. The van der Waals surface area contributed by atoms with E-state index < -0.39 is 90.2 Å². The number of hydrogen-bond donors (Lipinski definition) is 0. The highest BCUT2D eigenvalue weighted by molar-refractivity contribution is 6.21. The minimum Gasteiger partial charge on any atom is -0.455 e. The molecule has 0 fully saturated rings. The van der Waals surface area contributed by atoms with Crippen LogP contribution in [0.2, 0.25) is 0 Å². The second kappa shape index (κ2) is 10.4. The Morgan fingerprint density at radius 1 is 0.333 bits per heavy atom. The number of fused-ring (bicyclic) bond motifs is 5. The summed E-state index contributed by atoms with van der Waals surface area (Å²) in [5.74, 6) is 0. The maximum Gasteiger partial charge on any atom is 0.143 e. The number of furan rings is 1. The third-order valence-electron chi connectivity index (χ3n) is 8.06. The molecule has 1 nitrogen and oxygen atoms in total. The lowest BCUT2D eigenvalue weighted by Crippen LogP contribution is -1.90. The van der Waals surface area contributed by atoms with Crippen LogP contribution in [0.1, 0.15) is 19.2 Å². The number of para-hydroxylation sites is 2. The van der Waals surface area contributed by atoms with Gasteiger partial charge in [-0.3, -0.25) is 0 Å². The molecule has 0 aliphatic rings. The lowest BCUT2D eigenvalue weighted by molar-refractivity contribution is 0.671. The molecule has 1 heterocycles. The van der Waals surface area contributed by atoms with Gasteiger partial charge in [0.25, 0.3) is 0 Å². The van der Waals surface area contributed by atoms with Gasteiger partial charge < -0.3 is 4.42 Å². The summed E-state index contributed by atoms with van der Waals surface area (Å²) in [6, 6.07) is 17.9. The van der Waals surface area contributed by atoms with E-state index in [0.29, 0.717) is 16.3 Å². The molecule has 0 aliphatic carbocycles. The van der Waals surface area contributed by atoms with Gasteiger partial charge in [-0.2, -0.15) is 0 Å². The molecule has 0 saturated carbocycles. The van der Waals surface area contributed by atoms with Gasteiger partial charge >= 0.3 is 0 Å². The lowest BCUT2D eigenvalue weighted by Gasteiger charge is -2.18. The van der Waals surface area contributed by atoms with Crippen molar-refractivity contribution in [1.29, 1.82) is 0 Å². The van der Waals surface area contributed by atoms with Crippen molar-refractivity contribution in [2.75, 3.05) is 0 Å². The SMILES string of the molecule is [2H]c1cc2c(oc3c(-c4c([2H])c([2H])c([2H])c([2H])c4[2H])c([2H])c([2H])c([2H])c32)c(-c2c([2H])c([2H])c(-c3c4ccccc4c(-c4ccccc4)c4ccccc34)c([2H])c2[2H])c1[2H]. The van der Waals surface area contributed by atoms with E-state index in [-0.39, 0.29) is 44.2 Å². The van der Waals surface area contributed by atoms with E-state index in [2.05, 4.69) is 0 Å². The van der Waals surface area contributed by atoms with Crippen molar-refractivity contribution in [3.63, 3.8) is 0 Å². The van der Waals surface area contributed by atoms with E-state index in [9.17, 15) is 5.48 Å². The highest BCUT2D eigenvalue weighted by Crippen LogP contribution is 2.44. The Kier molecular flexibility index (Phi) is 3.50. The van der Waals surface area contributed by atoms with Gasteiger partial charge in [-0.05, 0) is 54.9 Å². The summed E-state index contributed by atoms with van der Waals surface area (Å²) in [6.07, 6.45) is 0. The van der Waals surface area contributed by atoms with E-state index in [1.54, 1.807) is 0 Å². The fraction of sp³-hybridized carbons (Fsp3) is 0. The largest absolute Gasteiger partial charge is 0.455 e.